The molecule has 1 aromatic carbocycles. The van der Waals surface area contributed by atoms with Crippen molar-refractivity contribution in [2.75, 3.05) is 0 Å². The number of rotatable bonds is 2. The maximum absolute atomic E-state index is 3.82. The summed E-state index contributed by atoms with van der Waals surface area (Å²) in [5, 5.41) is 0. The normalized spacial score (nSPS) is 11.4. The van der Waals surface area contributed by atoms with Gasteiger partial charge in [0, 0.05) is 0 Å². The Labute approximate surface area is 87.7 Å². The van der Waals surface area contributed by atoms with Crippen molar-refractivity contribution in [3.05, 3.63) is 47.5 Å². The standard InChI is InChI=1S/C14H20/c1-6-8-12-11(2)9-7-10-13(12)14(3,4)5/h6-7,9-10H,1,8H2,2-5H3. The fourth-order valence-corrected chi connectivity index (χ4v) is 1.82. The summed E-state index contributed by atoms with van der Waals surface area (Å²) in [5.41, 5.74) is 4.48. The number of hydrogen-bond donors (Lipinski definition) is 0. The Kier molecular flexibility index (Phi) is 3.15. The van der Waals surface area contributed by atoms with E-state index in [1.54, 1.807) is 0 Å². The van der Waals surface area contributed by atoms with Gasteiger partial charge in [0.05, 0.1) is 0 Å². The van der Waals surface area contributed by atoms with E-state index in [9.17, 15) is 0 Å². The summed E-state index contributed by atoms with van der Waals surface area (Å²) in [5.74, 6) is 0. The molecule has 0 unspecified atom stereocenters. The molecular formula is C14H20. The molecule has 0 saturated heterocycles. The lowest BCUT2D eigenvalue weighted by Crippen LogP contribution is -2.14. The van der Waals surface area contributed by atoms with Gasteiger partial charge < -0.3 is 0 Å². The third-order valence-corrected chi connectivity index (χ3v) is 2.57. The van der Waals surface area contributed by atoms with Crippen LogP contribution in [-0.2, 0) is 11.8 Å². The predicted molar refractivity (Wildman–Crippen MR) is 63.8 cm³/mol. The molecule has 0 radical (unpaired) electrons. The highest BCUT2D eigenvalue weighted by atomic mass is 14.2. The number of allylic oxidation sites excluding steroid dienone is 1. The van der Waals surface area contributed by atoms with Crippen LogP contribution in [-0.4, -0.2) is 0 Å². The second-order valence-corrected chi connectivity index (χ2v) is 4.84. The van der Waals surface area contributed by atoms with Crippen LogP contribution < -0.4 is 0 Å². The number of hydrogen-bond acceptors (Lipinski definition) is 0. The van der Waals surface area contributed by atoms with Crippen molar-refractivity contribution in [2.45, 2.75) is 39.5 Å². The van der Waals surface area contributed by atoms with Crippen molar-refractivity contribution in [2.24, 2.45) is 0 Å². The van der Waals surface area contributed by atoms with Gasteiger partial charge in [-0.1, -0.05) is 45.0 Å². The topological polar surface area (TPSA) is 0 Å². The van der Waals surface area contributed by atoms with Gasteiger partial charge in [-0.25, -0.2) is 0 Å². The van der Waals surface area contributed by atoms with Crippen LogP contribution >= 0.6 is 0 Å². The maximum atomic E-state index is 3.82. The van der Waals surface area contributed by atoms with Crippen LogP contribution in [0.4, 0.5) is 0 Å². The van der Waals surface area contributed by atoms with Gasteiger partial charge >= 0.3 is 0 Å². The highest BCUT2D eigenvalue weighted by Crippen LogP contribution is 2.28. The first-order valence-electron chi connectivity index (χ1n) is 5.16. The molecule has 76 valence electrons. The van der Waals surface area contributed by atoms with Crippen LogP contribution in [0.25, 0.3) is 0 Å². The smallest absolute Gasteiger partial charge is 0.00946 e. The molecule has 1 rings (SSSR count). The van der Waals surface area contributed by atoms with E-state index in [1.165, 1.54) is 16.7 Å². The molecule has 0 bridgehead atoms. The van der Waals surface area contributed by atoms with E-state index in [2.05, 4.69) is 52.5 Å². The van der Waals surface area contributed by atoms with E-state index in [0.717, 1.165) is 6.42 Å². The third kappa shape index (κ3) is 2.25. The molecule has 0 spiro atoms. The van der Waals surface area contributed by atoms with Crippen LogP contribution in [0.1, 0.15) is 37.5 Å². The molecule has 0 saturated carbocycles. The Morgan fingerprint density at radius 3 is 2.43 bits per heavy atom. The Balaban J connectivity index is 3.28. The van der Waals surface area contributed by atoms with Gasteiger partial charge in [-0.15, -0.1) is 6.58 Å². The van der Waals surface area contributed by atoms with Crippen LogP contribution in [0, 0.1) is 6.92 Å². The predicted octanol–water partition coefficient (Wildman–Crippen LogP) is 4.02. The lowest BCUT2D eigenvalue weighted by Gasteiger charge is -2.23. The average Bonchev–Trinajstić information content (AvgIpc) is 2.07. The van der Waals surface area contributed by atoms with Gasteiger partial charge in [-0.05, 0) is 35.4 Å². The Morgan fingerprint density at radius 1 is 1.29 bits per heavy atom. The first kappa shape index (κ1) is 11.0. The quantitative estimate of drug-likeness (QED) is 0.615. The minimum Gasteiger partial charge on any atom is -0.103 e. The Bertz CT molecular complexity index is 326. The third-order valence-electron chi connectivity index (χ3n) is 2.57. The molecule has 0 aliphatic rings. The molecule has 14 heavy (non-hydrogen) atoms. The van der Waals surface area contributed by atoms with Gasteiger partial charge in [0.2, 0.25) is 0 Å². The molecule has 0 heteroatoms. The maximum Gasteiger partial charge on any atom is -0.00946 e. The van der Waals surface area contributed by atoms with E-state index in [1.807, 2.05) is 6.08 Å². The number of aryl methyl sites for hydroxylation is 1. The van der Waals surface area contributed by atoms with Crippen LogP contribution in [0.5, 0.6) is 0 Å². The van der Waals surface area contributed by atoms with Gasteiger partial charge in [0.1, 0.15) is 0 Å². The fraction of sp³-hybridized carbons (Fsp3) is 0.429. The van der Waals surface area contributed by atoms with Crippen molar-refractivity contribution in [1.29, 1.82) is 0 Å². The van der Waals surface area contributed by atoms with E-state index in [0.29, 0.717) is 0 Å². The second-order valence-electron chi connectivity index (χ2n) is 4.84. The minimum atomic E-state index is 0.227. The Morgan fingerprint density at radius 2 is 1.93 bits per heavy atom. The first-order chi connectivity index (χ1) is 6.46. The highest BCUT2D eigenvalue weighted by molar-refractivity contribution is 5.39. The van der Waals surface area contributed by atoms with E-state index in [4.69, 9.17) is 0 Å². The van der Waals surface area contributed by atoms with Crippen LogP contribution in [0.3, 0.4) is 0 Å². The number of benzene rings is 1. The molecule has 1 aromatic rings. The SMILES string of the molecule is C=CCc1c(C)cccc1C(C)(C)C. The van der Waals surface area contributed by atoms with Gasteiger partial charge in [-0.3, -0.25) is 0 Å². The highest BCUT2D eigenvalue weighted by Gasteiger charge is 2.17. The molecule has 0 heterocycles. The van der Waals surface area contributed by atoms with Gasteiger partial charge in [0.25, 0.3) is 0 Å². The summed E-state index contributed by atoms with van der Waals surface area (Å²) in [7, 11) is 0. The van der Waals surface area contributed by atoms with Crippen molar-refractivity contribution < 1.29 is 0 Å². The summed E-state index contributed by atoms with van der Waals surface area (Å²) in [4.78, 5) is 0. The van der Waals surface area contributed by atoms with Crippen LogP contribution in [0.15, 0.2) is 30.9 Å². The van der Waals surface area contributed by atoms with Crippen molar-refractivity contribution in [3.63, 3.8) is 0 Å². The minimum absolute atomic E-state index is 0.227. The average molecular weight is 188 g/mol. The van der Waals surface area contributed by atoms with E-state index < -0.39 is 0 Å². The van der Waals surface area contributed by atoms with E-state index in [-0.39, 0.29) is 5.41 Å². The molecular weight excluding hydrogens is 168 g/mol. The van der Waals surface area contributed by atoms with Crippen molar-refractivity contribution in [3.8, 4) is 0 Å². The van der Waals surface area contributed by atoms with E-state index >= 15 is 0 Å². The second kappa shape index (κ2) is 4.00. The molecule has 0 amide bonds. The molecule has 0 aliphatic carbocycles. The summed E-state index contributed by atoms with van der Waals surface area (Å²) >= 11 is 0. The zero-order valence-electron chi connectivity index (χ0n) is 9.72. The van der Waals surface area contributed by atoms with Crippen LogP contribution in [0.2, 0.25) is 0 Å². The zero-order valence-corrected chi connectivity index (χ0v) is 9.72. The van der Waals surface area contributed by atoms with Crippen molar-refractivity contribution in [1.82, 2.24) is 0 Å². The molecule has 0 nitrogen and oxygen atoms in total. The largest absolute Gasteiger partial charge is 0.103 e. The van der Waals surface area contributed by atoms with Gasteiger partial charge in [0.15, 0.2) is 0 Å². The zero-order chi connectivity index (χ0) is 10.8. The lowest BCUT2D eigenvalue weighted by atomic mass is 9.81. The van der Waals surface area contributed by atoms with Gasteiger partial charge in [-0.2, -0.15) is 0 Å². The summed E-state index contributed by atoms with van der Waals surface area (Å²) in [6.07, 6.45) is 2.96. The molecule has 0 fully saturated rings. The molecule has 0 aromatic heterocycles. The monoisotopic (exact) mass is 188 g/mol. The summed E-state index contributed by atoms with van der Waals surface area (Å²) in [6.45, 7) is 12.8. The Hall–Kier alpha value is -1.04. The van der Waals surface area contributed by atoms with Crippen molar-refractivity contribution >= 4 is 0 Å². The molecule has 0 aliphatic heterocycles. The molecule has 0 atom stereocenters. The summed E-state index contributed by atoms with van der Waals surface area (Å²) < 4.78 is 0. The first-order valence-corrected chi connectivity index (χ1v) is 5.16. The molecule has 0 N–H and O–H groups in total. The lowest BCUT2D eigenvalue weighted by molar-refractivity contribution is 0.583. The fourth-order valence-electron chi connectivity index (χ4n) is 1.82. The summed E-state index contributed by atoms with van der Waals surface area (Å²) in [6, 6.07) is 6.54.